The second-order valence-electron chi connectivity index (χ2n) is 8.30. The molecule has 0 bridgehead atoms. The number of halogens is 1. The molecule has 32 heavy (non-hydrogen) atoms. The molecule has 8 nitrogen and oxygen atoms in total. The number of amides is 3. The Kier molecular flexibility index (Phi) is 5.05. The van der Waals surface area contributed by atoms with Crippen LogP contribution in [0.4, 0.5) is 5.69 Å². The van der Waals surface area contributed by atoms with Gasteiger partial charge in [-0.25, -0.2) is 0 Å². The average Bonchev–Trinajstić information content (AvgIpc) is 3.38. The van der Waals surface area contributed by atoms with Crippen molar-refractivity contribution >= 4 is 35.0 Å². The number of carbonyl (C=O) groups is 3. The number of para-hydroxylation sites is 1. The lowest BCUT2D eigenvalue weighted by Crippen LogP contribution is -2.54. The van der Waals surface area contributed by atoms with Crippen molar-refractivity contribution in [1.29, 1.82) is 0 Å². The molecule has 5 rings (SSSR count). The smallest absolute Gasteiger partial charge is 0.250 e. The molecule has 3 aliphatic rings. The highest BCUT2D eigenvalue weighted by atomic mass is 35.5. The number of nitrogens with zero attached hydrogens (tertiary/aromatic N) is 1. The molecule has 1 spiro atoms. The molecular weight excluding hydrogens is 434 g/mol. The van der Waals surface area contributed by atoms with E-state index in [1.165, 1.54) is 7.11 Å². The molecule has 166 valence electrons. The summed E-state index contributed by atoms with van der Waals surface area (Å²) in [5.41, 5.74) is 0.264. The van der Waals surface area contributed by atoms with E-state index in [2.05, 4.69) is 10.6 Å². The number of rotatable bonds is 5. The molecule has 0 aliphatic carbocycles. The van der Waals surface area contributed by atoms with E-state index in [1.54, 1.807) is 48.5 Å². The first kappa shape index (κ1) is 21.1. The molecule has 2 aromatic rings. The van der Waals surface area contributed by atoms with Gasteiger partial charge in [-0.2, -0.15) is 0 Å². The van der Waals surface area contributed by atoms with Gasteiger partial charge < -0.3 is 15.2 Å². The van der Waals surface area contributed by atoms with Crippen LogP contribution in [0.3, 0.4) is 0 Å². The van der Waals surface area contributed by atoms with Crippen molar-refractivity contribution in [2.45, 2.75) is 17.7 Å². The van der Waals surface area contributed by atoms with Crippen molar-refractivity contribution in [2.24, 2.45) is 11.8 Å². The van der Waals surface area contributed by atoms with Crippen LogP contribution in [0.2, 0.25) is 5.02 Å². The predicted molar refractivity (Wildman–Crippen MR) is 116 cm³/mol. The summed E-state index contributed by atoms with van der Waals surface area (Å²) in [5.74, 6) is -3.17. The Morgan fingerprint density at radius 1 is 1.12 bits per heavy atom. The number of aliphatic hydroxyl groups is 1. The number of carbonyl (C=O) groups excluding carboxylic acids is 3. The van der Waals surface area contributed by atoms with Gasteiger partial charge in [-0.1, -0.05) is 41.9 Å². The lowest BCUT2D eigenvalue weighted by molar-refractivity contribution is -0.143. The maximum atomic E-state index is 13.5. The molecular formula is C23H22ClN3O5. The zero-order valence-electron chi connectivity index (χ0n) is 17.2. The molecule has 3 N–H and O–H groups in total. The first-order chi connectivity index (χ1) is 15.4. The van der Waals surface area contributed by atoms with Crippen molar-refractivity contribution < 1.29 is 24.2 Å². The van der Waals surface area contributed by atoms with Crippen molar-refractivity contribution in [3.05, 3.63) is 64.7 Å². The zero-order chi connectivity index (χ0) is 22.6. The molecule has 9 heteroatoms. The quantitative estimate of drug-likeness (QED) is 0.589. The minimum absolute atomic E-state index is 0.0876. The number of methoxy groups -OCH3 is 1. The Labute approximate surface area is 189 Å². The number of nitrogens with one attached hydrogen (secondary N) is 2. The molecule has 0 saturated carbocycles. The standard InChI is InChI=1S/C23H22ClN3O5/c1-32-11-10-27-20(29)16-17(21(27)30)23(14-4-2-3-5-15(14)25-22(23)31)26-18(16)19(28)12-6-8-13(24)9-7-12/h2-9,16-19,26,28H,10-11H2,1H3,(H,25,31). The summed E-state index contributed by atoms with van der Waals surface area (Å²) in [7, 11) is 1.49. The highest BCUT2D eigenvalue weighted by Gasteiger charge is 2.71. The van der Waals surface area contributed by atoms with E-state index in [9.17, 15) is 19.5 Å². The first-order valence-electron chi connectivity index (χ1n) is 10.4. The summed E-state index contributed by atoms with van der Waals surface area (Å²) >= 11 is 5.98. The molecule has 0 aromatic heterocycles. The first-order valence-corrected chi connectivity index (χ1v) is 10.7. The SMILES string of the molecule is COCCN1C(=O)C2C(C(O)c3ccc(Cl)cc3)NC3(C(=O)Nc4ccccc43)C2C1=O. The van der Waals surface area contributed by atoms with Crippen LogP contribution in [0, 0.1) is 11.8 Å². The Morgan fingerprint density at radius 3 is 2.56 bits per heavy atom. The number of anilines is 1. The van der Waals surface area contributed by atoms with Crippen LogP contribution in [0.1, 0.15) is 17.2 Å². The van der Waals surface area contributed by atoms with Crippen molar-refractivity contribution in [1.82, 2.24) is 10.2 Å². The molecule has 3 heterocycles. The molecule has 3 amide bonds. The second-order valence-corrected chi connectivity index (χ2v) is 8.74. The van der Waals surface area contributed by atoms with E-state index in [0.29, 0.717) is 21.8 Å². The van der Waals surface area contributed by atoms with E-state index in [-0.39, 0.29) is 13.2 Å². The number of hydrogen-bond acceptors (Lipinski definition) is 6. The fourth-order valence-electron chi connectivity index (χ4n) is 5.29. The van der Waals surface area contributed by atoms with Gasteiger partial charge >= 0.3 is 0 Å². The monoisotopic (exact) mass is 455 g/mol. The lowest BCUT2D eigenvalue weighted by Gasteiger charge is -2.30. The normalized spacial score (nSPS) is 29.4. The van der Waals surface area contributed by atoms with Gasteiger partial charge in [0.1, 0.15) is 5.54 Å². The number of fused-ring (bicyclic) bond motifs is 4. The van der Waals surface area contributed by atoms with Gasteiger partial charge in [0.05, 0.1) is 37.1 Å². The average molecular weight is 456 g/mol. The van der Waals surface area contributed by atoms with Crippen molar-refractivity contribution in [3.63, 3.8) is 0 Å². The Hall–Kier alpha value is -2.78. The third-order valence-corrected chi connectivity index (χ3v) is 6.97. The van der Waals surface area contributed by atoms with Gasteiger partial charge in [0, 0.05) is 23.4 Å². The van der Waals surface area contributed by atoms with Crippen molar-refractivity contribution in [2.75, 3.05) is 25.6 Å². The summed E-state index contributed by atoms with van der Waals surface area (Å²) in [6, 6.07) is 12.9. The van der Waals surface area contributed by atoms with Crippen LogP contribution in [0.15, 0.2) is 48.5 Å². The number of likely N-dealkylation sites (tertiary alicyclic amines) is 1. The number of ether oxygens (including phenoxy) is 1. The highest BCUT2D eigenvalue weighted by molar-refractivity contribution is 6.30. The van der Waals surface area contributed by atoms with E-state index in [1.807, 2.05) is 0 Å². The number of benzene rings is 2. The van der Waals surface area contributed by atoms with Gasteiger partial charge in [-0.15, -0.1) is 0 Å². The number of imide groups is 1. The van der Waals surface area contributed by atoms with Crippen LogP contribution in [0.5, 0.6) is 0 Å². The fourth-order valence-corrected chi connectivity index (χ4v) is 5.41. The number of aliphatic hydroxyl groups excluding tert-OH is 1. The number of hydrogen-bond donors (Lipinski definition) is 3. The molecule has 5 atom stereocenters. The van der Waals surface area contributed by atoms with E-state index in [4.69, 9.17) is 16.3 Å². The third kappa shape index (κ3) is 2.84. The van der Waals surface area contributed by atoms with Gasteiger partial charge in [0.25, 0.3) is 0 Å². The maximum absolute atomic E-state index is 13.5. The molecule has 2 saturated heterocycles. The second kappa shape index (κ2) is 7.67. The zero-order valence-corrected chi connectivity index (χ0v) is 18.0. The topological polar surface area (TPSA) is 108 Å². The van der Waals surface area contributed by atoms with Gasteiger partial charge in [0.2, 0.25) is 17.7 Å². The predicted octanol–water partition coefficient (Wildman–Crippen LogP) is 1.44. The largest absolute Gasteiger partial charge is 0.387 e. The van der Waals surface area contributed by atoms with Gasteiger partial charge in [-0.05, 0) is 23.8 Å². The van der Waals surface area contributed by atoms with E-state index >= 15 is 0 Å². The Morgan fingerprint density at radius 2 is 1.84 bits per heavy atom. The van der Waals surface area contributed by atoms with Gasteiger partial charge in [-0.3, -0.25) is 24.6 Å². The van der Waals surface area contributed by atoms with Crippen molar-refractivity contribution in [3.8, 4) is 0 Å². The van der Waals surface area contributed by atoms with Crippen LogP contribution < -0.4 is 10.6 Å². The third-order valence-electron chi connectivity index (χ3n) is 6.72. The molecule has 3 aliphatic heterocycles. The van der Waals surface area contributed by atoms with Crippen LogP contribution in [0.25, 0.3) is 0 Å². The van der Waals surface area contributed by atoms with E-state index in [0.717, 1.165) is 4.90 Å². The lowest BCUT2D eigenvalue weighted by atomic mass is 9.76. The Balaban J connectivity index is 1.63. The molecule has 0 radical (unpaired) electrons. The summed E-state index contributed by atoms with van der Waals surface area (Å²) in [6.07, 6.45) is -1.14. The fraction of sp³-hybridized carbons (Fsp3) is 0.348. The Bertz CT molecular complexity index is 1110. The minimum Gasteiger partial charge on any atom is -0.387 e. The van der Waals surface area contributed by atoms with Gasteiger partial charge in [0.15, 0.2) is 0 Å². The summed E-state index contributed by atoms with van der Waals surface area (Å²) in [6.45, 7) is 0.273. The minimum atomic E-state index is -1.45. The molecule has 2 fully saturated rings. The highest BCUT2D eigenvalue weighted by Crippen LogP contribution is 2.54. The molecule has 2 aromatic carbocycles. The van der Waals surface area contributed by atoms with Crippen LogP contribution >= 0.6 is 11.6 Å². The molecule has 5 unspecified atom stereocenters. The van der Waals surface area contributed by atoms with E-state index < -0.39 is 47.2 Å². The summed E-state index contributed by atoms with van der Waals surface area (Å²) in [4.78, 5) is 41.4. The van der Waals surface area contributed by atoms with Crippen LogP contribution in [-0.4, -0.2) is 54.0 Å². The van der Waals surface area contributed by atoms with Crippen LogP contribution in [-0.2, 0) is 24.7 Å². The maximum Gasteiger partial charge on any atom is 0.250 e. The summed E-state index contributed by atoms with van der Waals surface area (Å²) in [5, 5.41) is 17.8. The summed E-state index contributed by atoms with van der Waals surface area (Å²) < 4.78 is 5.07.